The third kappa shape index (κ3) is 4.37. The highest BCUT2D eigenvalue weighted by Gasteiger charge is 2.72. The van der Waals surface area contributed by atoms with Gasteiger partial charge < -0.3 is 24.5 Å². The van der Waals surface area contributed by atoms with Crippen LogP contribution in [0.1, 0.15) is 38.7 Å². The number of carbonyl (C=O) groups excluding carboxylic acids is 3. The smallest absolute Gasteiger partial charge is 0.249 e. The minimum absolute atomic E-state index is 0.103. The van der Waals surface area contributed by atoms with Gasteiger partial charge >= 0.3 is 0 Å². The highest BCUT2D eigenvalue weighted by molar-refractivity contribution is 6.00. The molecule has 5 rings (SSSR count). The highest BCUT2D eigenvalue weighted by atomic mass is 16.5. The van der Waals surface area contributed by atoms with Crippen LogP contribution in [-0.2, 0) is 25.5 Å². The Kier molecular flexibility index (Phi) is 7.73. The van der Waals surface area contributed by atoms with Gasteiger partial charge in [-0.05, 0) is 24.8 Å². The van der Waals surface area contributed by atoms with Gasteiger partial charge in [0.2, 0.25) is 17.7 Å². The Balaban J connectivity index is 1.59. The van der Waals surface area contributed by atoms with E-state index >= 15 is 0 Å². The average Bonchev–Trinajstić information content (AvgIpc) is 3.25. The maximum absolute atomic E-state index is 14.4. The molecule has 8 heteroatoms. The SMILES string of the molecule is CCCCN1CC=C[C@]23O[C@H]4C=CCN(CCC)C(=O)[C@H]4[C@H]2C(=O)N([C@@H](CO)Cc2ccccc2)C3C1=O. The Labute approximate surface area is 224 Å². The van der Waals surface area contributed by atoms with E-state index in [0.29, 0.717) is 32.6 Å². The number of ether oxygens (including phenoxy) is 1. The van der Waals surface area contributed by atoms with E-state index in [9.17, 15) is 19.5 Å². The number of hydrogen-bond acceptors (Lipinski definition) is 5. The quantitative estimate of drug-likeness (QED) is 0.503. The summed E-state index contributed by atoms with van der Waals surface area (Å²) in [6, 6.07) is 8.11. The number of fused-ring (bicyclic) bond motifs is 2. The van der Waals surface area contributed by atoms with Gasteiger partial charge in [0.1, 0.15) is 11.6 Å². The summed E-state index contributed by atoms with van der Waals surface area (Å²) >= 11 is 0. The van der Waals surface area contributed by atoms with Crippen LogP contribution in [0.25, 0.3) is 0 Å². The Hall–Kier alpha value is -2.97. The first kappa shape index (κ1) is 26.6. The summed E-state index contributed by atoms with van der Waals surface area (Å²) in [5.41, 5.74) is -0.296. The number of rotatable bonds is 9. The van der Waals surface area contributed by atoms with Gasteiger partial charge in [-0.15, -0.1) is 0 Å². The van der Waals surface area contributed by atoms with Crippen molar-refractivity contribution >= 4 is 17.7 Å². The number of carbonyl (C=O) groups is 3. The van der Waals surface area contributed by atoms with Gasteiger partial charge in [-0.25, -0.2) is 0 Å². The molecule has 1 unspecified atom stereocenters. The van der Waals surface area contributed by atoms with Gasteiger partial charge in [0.05, 0.1) is 30.6 Å². The first-order valence-corrected chi connectivity index (χ1v) is 14.0. The predicted octanol–water partition coefficient (Wildman–Crippen LogP) is 2.18. The summed E-state index contributed by atoms with van der Waals surface area (Å²) in [6.07, 6.45) is 10.1. The number of benzene rings is 1. The van der Waals surface area contributed by atoms with E-state index in [1.807, 2.05) is 61.6 Å². The summed E-state index contributed by atoms with van der Waals surface area (Å²) in [7, 11) is 0. The number of amides is 3. The van der Waals surface area contributed by atoms with Gasteiger partial charge in [0, 0.05) is 26.2 Å². The summed E-state index contributed by atoms with van der Waals surface area (Å²) in [4.78, 5) is 47.7. The Bertz CT molecular complexity index is 1100. The summed E-state index contributed by atoms with van der Waals surface area (Å²) in [6.45, 7) is 5.90. The van der Waals surface area contributed by atoms with E-state index in [2.05, 4.69) is 6.92 Å². The van der Waals surface area contributed by atoms with Gasteiger partial charge in [-0.3, -0.25) is 14.4 Å². The van der Waals surface area contributed by atoms with E-state index < -0.39 is 35.6 Å². The fourth-order valence-corrected chi connectivity index (χ4v) is 6.73. The number of nitrogens with zero attached hydrogens (tertiary/aromatic N) is 3. The second-order valence-electron chi connectivity index (χ2n) is 10.9. The molecular formula is C30H39N3O5. The monoisotopic (exact) mass is 521 g/mol. The normalized spacial score (nSPS) is 31.2. The molecule has 3 amide bonds. The zero-order chi connectivity index (χ0) is 26.9. The largest absolute Gasteiger partial charge is 0.394 e. The van der Waals surface area contributed by atoms with Crippen LogP contribution in [0.15, 0.2) is 54.6 Å². The molecule has 4 aliphatic heterocycles. The predicted molar refractivity (Wildman–Crippen MR) is 143 cm³/mol. The molecule has 38 heavy (non-hydrogen) atoms. The Morgan fingerprint density at radius 1 is 0.974 bits per heavy atom. The van der Waals surface area contributed by atoms with Crippen LogP contribution < -0.4 is 0 Å². The van der Waals surface area contributed by atoms with Crippen LogP contribution in [0.3, 0.4) is 0 Å². The molecule has 0 bridgehead atoms. The van der Waals surface area contributed by atoms with Crippen LogP contribution in [0.4, 0.5) is 0 Å². The molecule has 0 saturated carbocycles. The van der Waals surface area contributed by atoms with E-state index in [4.69, 9.17) is 4.74 Å². The third-order valence-electron chi connectivity index (χ3n) is 8.46. The van der Waals surface area contributed by atoms with Gasteiger partial charge in [-0.1, -0.05) is 74.9 Å². The van der Waals surface area contributed by atoms with Gasteiger partial charge in [0.15, 0.2) is 0 Å². The average molecular weight is 522 g/mol. The van der Waals surface area contributed by atoms with Crippen LogP contribution >= 0.6 is 0 Å². The van der Waals surface area contributed by atoms with Crippen molar-refractivity contribution in [2.24, 2.45) is 11.8 Å². The zero-order valence-corrected chi connectivity index (χ0v) is 22.4. The number of unbranched alkanes of at least 4 members (excludes halogenated alkanes) is 1. The van der Waals surface area contributed by atoms with Crippen molar-refractivity contribution in [3.63, 3.8) is 0 Å². The number of aliphatic hydroxyl groups is 1. The minimum atomic E-state index is -1.26. The van der Waals surface area contributed by atoms with Crippen molar-refractivity contribution in [1.82, 2.24) is 14.7 Å². The molecule has 8 nitrogen and oxygen atoms in total. The van der Waals surface area contributed by atoms with Crippen molar-refractivity contribution in [3.05, 3.63) is 60.2 Å². The first-order chi connectivity index (χ1) is 18.5. The molecule has 2 fully saturated rings. The molecule has 204 valence electrons. The Morgan fingerprint density at radius 3 is 2.42 bits per heavy atom. The molecular weight excluding hydrogens is 482 g/mol. The van der Waals surface area contributed by atoms with E-state index in [1.54, 1.807) is 14.7 Å². The van der Waals surface area contributed by atoms with E-state index in [0.717, 1.165) is 24.8 Å². The maximum atomic E-state index is 14.4. The van der Waals surface area contributed by atoms with Crippen molar-refractivity contribution in [1.29, 1.82) is 0 Å². The number of hydrogen-bond donors (Lipinski definition) is 1. The molecule has 4 aliphatic rings. The maximum Gasteiger partial charge on any atom is 0.249 e. The zero-order valence-electron chi connectivity index (χ0n) is 22.4. The fourth-order valence-electron chi connectivity index (χ4n) is 6.73. The molecule has 2 saturated heterocycles. The molecule has 1 aromatic rings. The van der Waals surface area contributed by atoms with Gasteiger partial charge in [0.25, 0.3) is 0 Å². The second-order valence-corrected chi connectivity index (χ2v) is 10.9. The number of aliphatic hydroxyl groups excluding tert-OH is 1. The van der Waals surface area contributed by atoms with Crippen molar-refractivity contribution < 1.29 is 24.2 Å². The van der Waals surface area contributed by atoms with Crippen LogP contribution in [-0.4, -0.2) is 94.1 Å². The molecule has 0 radical (unpaired) electrons. The first-order valence-electron chi connectivity index (χ1n) is 14.0. The lowest BCUT2D eigenvalue weighted by Crippen LogP contribution is -2.58. The highest BCUT2D eigenvalue weighted by Crippen LogP contribution is 2.54. The summed E-state index contributed by atoms with van der Waals surface area (Å²) in [5, 5.41) is 10.6. The molecule has 6 atom stereocenters. The summed E-state index contributed by atoms with van der Waals surface area (Å²) < 4.78 is 6.69. The van der Waals surface area contributed by atoms with E-state index in [-0.39, 0.29) is 24.3 Å². The third-order valence-corrected chi connectivity index (χ3v) is 8.46. The standard InChI is InChI=1S/C30H39N3O5/c1-3-5-16-32-18-10-14-30-25(24-23(38-30)13-9-17-31(15-4-2)27(24)35)28(36)33(26(30)29(32)37)22(20-34)19-21-11-7-6-8-12-21/h6-14,22-26,34H,3-5,15-20H2,1-2H3/t22-,23+,24-,25+,26?,30+/m1/s1. The van der Waals surface area contributed by atoms with E-state index in [1.165, 1.54) is 0 Å². The number of likely N-dealkylation sites (tertiary alicyclic amines) is 1. The molecule has 4 heterocycles. The molecule has 1 spiro atoms. The second kappa shape index (κ2) is 11.0. The lowest BCUT2D eigenvalue weighted by molar-refractivity contribution is -0.151. The minimum Gasteiger partial charge on any atom is -0.394 e. The summed E-state index contributed by atoms with van der Waals surface area (Å²) in [5.74, 6) is -2.11. The lowest BCUT2D eigenvalue weighted by atomic mass is 9.77. The van der Waals surface area contributed by atoms with Gasteiger partial charge in [-0.2, -0.15) is 0 Å². The van der Waals surface area contributed by atoms with Crippen molar-refractivity contribution in [2.45, 2.75) is 63.3 Å². The molecule has 0 aliphatic carbocycles. The van der Waals surface area contributed by atoms with Crippen molar-refractivity contribution in [2.75, 3.05) is 32.8 Å². The fraction of sp³-hybridized carbons (Fsp3) is 0.567. The van der Waals surface area contributed by atoms with Crippen LogP contribution in [0.5, 0.6) is 0 Å². The van der Waals surface area contributed by atoms with Crippen LogP contribution in [0, 0.1) is 11.8 Å². The van der Waals surface area contributed by atoms with Crippen molar-refractivity contribution in [3.8, 4) is 0 Å². The lowest BCUT2D eigenvalue weighted by Gasteiger charge is -2.38. The molecule has 1 aromatic carbocycles. The Morgan fingerprint density at radius 2 is 1.71 bits per heavy atom. The molecule has 1 N–H and O–H groups in total. The van der Waals surface area contributed by atoms with Crippen LogP contribution in [0.2, 0.25) is 0 Å². The topological polar surface area (TPSA) is 90.4 Å². The molecule has 0 aromatic heterocycles.